The summed E-state index contributed by atoms with van der Waals surface area (Å²) in [6.07, 6.45) is 1.00. The monoisotopic (exact) mass is 308 g/mol. The lowest BCUT2D eigenvalue weighted by Gasteiger charge is -2.06. The van der Waals surface area contributed by atoms with Gasteiger partial charge in [0.25, 0.3) is 0 Å². The maximum atomic E-state index is 2.76. The second-order valence-electron chi connectivity index (χ2n) is 5.10. The fraction of sp³-hybridized carbons (Fsp3) is 0.0526. The number of rotatable bonds is 3. The highest BCUT2D eigenvalue weighted by Crippen LogP contribution is 2.25. The molecule has 0 radical (unpaired) electrons. The van der Waals surface area contributed by atoms with Crippen LogP contribution in [0.4, 0.5) is 0 Å². The molecule has 0 aliphatic rings. The molecule has 0 nitrogen and oxygen atoms in total. The molecule has 0 bridgehead atoms. The van der Waals surface area contributed by atoms with Gasteiger partial charge in [-0.3, -0.25) is 0 Å². The molecule has 0 fully saturated rings. The van der Waals surface area contributed by atoms with Crippen LogP contribution in [0.15, 0.2) is 72.8 Å². The van der Waals surface area contributed by atoms with Crippen LogP contribution < -0.4 is 5.30 Å². The highest BCUT2D eigenvalue weighted by atomic mass is 31.0. The van der Waals surface area contributed by atoms with Crippen molar-refractivity contribution in [1.82, 2.24) is 0 Å². The first-order chi connectivity index (χ1) is 10.3. The van der Waals surface area contributed by atoms with Gasteiger partial charge < -0.3 is 0 Å². The molecule has 104 valence electrons. The van der Waals surface area contributed by atoms with Crippen molar-refractivity contribution in [3.8, 4) is 22.3 Å². The van der Waals surface area contributed by atoms with E-state index in [-0.39, 0.29) is 0 Å². The van der Waals surface area contributed by atoms with Gasteiger partial charge in [-0.05, 0) is 39.3 Å². The minimum absolute atomic E-state index is 1.00. The van der Waals surface area contributed by atoms with Crippen molar-refractivity contribution in [3.63, 3.8) is 0 Å². The van der Waals surface area contributed by atoms with Crippen LogP contribution in [-0.4, -0.2) is 0 Å². The van der Waals surface area contributed by atoms with Crippen molar-refractivity contribution in [2.24, 2.45) is 0 Å². The topological polar surface area (TPSA) is 0 Å². The van der Waals surface area contributed by atoms with Crippen molar-refractivity contribution in [3.05, 3.63) is 78.4 Å². The number of hydrogen-bond donors (Lipinski definition) is 0. The molecule has 21 heavy (non-hydrogen) atoms. The molecule has 3 aromatic carbocycles. The molecule has 0 saturated carbocycles. The Morgan fingerprint density at radius 2 is 0.857 bits per heavy atom. The van der Waals surface area contributed by atoms with Gasteiger partial charge in [-0.2, -0.15) is 0 Å². The largest absolute Gasteiger partial charge is 0.133 e. The predicted octanol–water partition coefficient (Wildman–Crippen LogP) is 4.90. The van der Waals surface area contributed by atoms with E-state index in [4.69, 9.17) is 0 Å². The maximum Gasteiger partial charge on any atom is -0.0128 e. The van der Waals surface area contributed by atoms with Gasteiger partial charge in [-0.25, -0.2) is 0 Å². The Kier molecular flexibility index (Phi) is 4.49. The lowest BCUT2D eigenvalue weighted by atomic mass is 10.00. The Morgan fingerprint density at radius 3 is 1.24 bits per heavy atom. The Morgan fingerprint density at radius 1 is 0.524 bits per heavy atom. The van der Waals surface area contributed by atoms with E-state index in [9.17, 15) is 0 Å². The second-order valence-corrected chi connectivity index (χ2v) is 6.18. The van der Waals surface area contributed by atoms with Crippen molar-refractivity contribution < 1.29 is 0 Å². The molecule has 0 saturated heterocycles. The summed E-state index contributed by atoms with van der Waals surface area (Å²) in [5, 5.41) is 1.21. The van der Waals surface area contributed by atoms with E-state index in [1.54, 1.807) is 0 Å². The van der Waals surface area contributed by atoms with Gasteiger partial charge >= 0.3 is 0 Å². The van der Waals surface area contributed by atoms with E-state index in [2.05, 4.69) is 91.3 Å². The quantitative estimate of drug-likeness (QED) is 0.604. The fourth-order valence-electron chi connectivity index (χ4n) is 2.36. The van der Waals surface area contributed by atoms with E-state index >= 15 is 0 Å². The molecule has 3 aromatic rings. The zero-order valence-electron chi connectivity index (χ0n) is 11.8. The Hall–Kier alpha value is -1.48. The smallest absolute Gasteiger partial charge is 0.0128 e. The van der Waals surface area contributed by atoms with Crippen LogP contribution in [0.1, 0.15) is 5.56 Å². The standard InChI is InChI=1S/C19H18P2/c20-13-14-1-3-15(4-2-14)16-5-7-17(8-6-16)18-9-11-19(21)12-10-18/h1-12H,13,20-21H2. The molecule has 0 amide bonds. The molecule has 3 rings (SSSR count). The van der Waals surface area contributed by atoms with E-state index in [1.165, 1.54) is 33.1 Å². The van der Waals surface area contributed by atoms with Crippen molar-refractivity contribution in [2.45, 2.75) is 6.16 Å². The molecule has 2 unspecified atom stereocenters. The molecule has 0 aromatic heterocycles. The summed E-state index contributed by atoms with van der Waals surface area (Å²) in [7, 11) is 5.48. The van der Waals surface area contributed by atoms with E-state index in [1.807, 2.05) is 0 Å². The van der Waals surface area contributed by atoms with Crippen molar-refractivity contribution >= 4 is 23.8 Å². The Bertz CT molecular complexity index is 711. The minimum Gasteiger partial charge on any atom is -0.133 e. The number of benzene rings is 3. The van der Waals surface area contributed by atoms with Crippen LogP contribution in [0.5, 0.6) is 0 Å². The van der Waals surface area contributed by atoms with Crippen LogP contribution in [0.25, 0.3) is 22.3 Å². The first kappa shape index (κ1) is 14.5. The molecular weight excluding hydrogens is 290 g/mol. The highest BCUT2D eigenvalue weighted by Gasteiger charge is 2.00. The SMILES string of the molecule is PCc1ccc(-c2ccc(-c3ccc(P)cc3)cc2)cc1. The zero-order valence-corrected chi connectivity index (χ0v) is 14.1. The highest BCUT2D eigenvalue weighted by molar-refractivity contribution is 7.27. The first-order valence-corrected chi connectivity index (χ1v) is 8.41. The molecule has 0 aliphatic heterocycles. The average Bonchev–Trinajstić information content (AvgIpc) is 2.56. The molecule has 0 spiro atoms. The number of hydrogen-bond acceptors (Lipinski definition) is 0. The fourth-order valence-corrected chi connectivity index (χ4v) is 2.83. The maximum absolute atomic E-state index is 2.76. The average molecular weight is 308 g/mol. The van der Waals surface area contributed by atoms with Gasteiger partial charge in [0, 0.05) is 0 Å². The van der Waals surface area contributed by atoms with Crippen molar-refractivity contribution in [2.75, 3.05) is 0 Å². The zero-order chi connectivity index (χ0) is 14.7. The third-order valence-electron chi connectivity index (χ3n) is 3.65. The lowest BCUT2D eigenvalue weighted by Crippen LogP contribution is -1.88. The summed E-state index contributed by atoms with van der Waals surface area (Å²) in [5.41, 5.74) is 6.38. The minimum atomic E-state index is 1.00. The van der Waals surface area contributed by atoms with Crippen LogP contribution in [0.2, 0.25) is 0 Å². The summed E-state index contributed by atoms with van der Waals surface area (Å²) in [6.45, 7) is 0. The van der Waals surface area contributed by atoms with Crippen LogP contribution >= 0.6 is 18.5 Å². The summed E-state index contributed by atoms with van der Waals surface area (Å²) in [4.78, 5) is 0. The van der Waals surface area contributed by atoms with Gasteiger partial charge in [0.2, 0.25) is 0 Å². The Labute approximate surface area is 131 Å². The third-order valence-corrected chi connectivity index (χ3v) is 4.51. The van der Waals surface area contributed by atoms with Gasteiger partial charge in [-0.1, -0.05) is 72.8 Å². The van der Waals surface area contributed by atoms with Crippen LogP contribution in [0.3, 0.4) is 0 Å². The summed E-state index contributed by atoms with van der Waals surface area (Å²) < 4.78 is 0. The molecule has 0 N–H and O–H groups in total. The van der Waals surface area contributed by atoms with Gasteiger partial charge in [-0.15, -0.1) is 18.5 Å². The Balaban J connectivity index is 1.87. The third kappa shape index (κ3) is 3.41. The molecule has 2 atom stereocenters. The van der Waals surface area contributed by atoms with E-state index in [0.29, 0.717) is 0 Å². The normalized spacial score (nSPS) is 10.6. The summed E-state index contributed by atoms with van der Waals surface area (Å²) in [6, 6.07) is 26.1. The van der Waals surface area contributed by atoms with Gasteiger partial charge in [0.05, 0.1) is 0 Å². The molecule has 0 aliphatic carbocycles. The van der Waals surface area contributed by atoms with Gasteiger partial charge in [0.1, 0.15) is 0 Å². The lowest BCUT2D eigenvalue weighted by molar-refractivity contribution is 1.42. The van der Waals surface area contributed by atoms with Crippen LogP contribution in [-0.2, 0) is 6.16 Å². The second kappa shape index (κ2) is 6.52. The molecule has 0 heterocycles. The summed E-state index contributed by atoms with van der Waals surface area (Å²) >= 11 is 0. The van der Waals surface area contributed by atoms with Gasteiger partial charge in [0.15, 0.2) is 0 Å². The first-order valence-electron chi connectivity index (χ1n) is 7.01. The summed E-state index contributed by atoms with van der Waals surface area (Å²) in [5.74, 6) is 0. The molecule has 2 heteroatoms. The predicted molar refractivity (Wildman–Crippen MR) is 100 cm³/mol. The van der Waals surface area contributed by atoms with Crippen molar-refractivity contribution in [1.29, 1.82) is 0 Å². The van der Waals surface area contributed by atoms with Crippen LogP contribution in [0, 0.1) is 0 Å². The van der Waals surface area contributed by atoms with E-state index in [0.717, 1.165) is 6.16 Å². The molecular formula is C19H18P2. The van der Waals surface area contributed by atoms with E-state index < -0.39 is 0 Å².